The Balaban J connectivity index is 0.812. The van der Waals surface area contributed by atoms with Crippen molar-refractivity contribution in [2.75, 3.05) is 24.5 Å². The summed E-state index contributed by atoms with van der Waals surface area (Å²) in [6.07, 6.45) is 11.8. The Morgan fingerprint density at radius 2 is 1.63 bits per heavy atom. The molecule has 1 atom stereocenters. The van der Waals surface area contributed by atoms with E-state index in [2.05, 4.69) is 21.7 Å². The van der Waals surface area contributed by atoms with E-state index >= 15 is 0 Å². The Morgan fingerprint density at radius 3 is 2.31 bits per heavy atom. The van der Waals surface area contributed by atoms with Crippen LogP contribution in [0.15, 0.2) is 65.7 Å². The average molecular weight is 735 g/mol. The van der Waals surface area contributed by atoms with Crippen molar-refractivity contribution in [1.82, 2.24) is 19.2 Å². The Hall–Kier alpha value is -4.97. The first-order chi connectivity index (χ1) is 26.1. The number of nitrogens with two attached hydrogens (primary N) is 1. The molecule has 12 nitrogen and oxygen atoms in total. The third-order valence-electron chi connectivity index (χ3n) is 11.7. The second-order valence-electron chi connectivity index (χ2n) is 15.9. The van der Waals surface area contributed by atoms with Gasteiger partial charge in [-0.2, -0.15) is 5.10 Å². The van der Waals surface area contributed by atoms with Crippen LogP contribution in [0.2, 0.25) is 0 Å². The number of nitrogens with zero attached hydrogens (tertiary/aromatic N) is 5. The predicted octanol–water partition coefficient (Wildman–Crippen LogP) is 6.13. The van der Waals surface area contributed by atoms with Gasteiger partial charge < -0.3 is 24.7 Å². The second-order valence-corrected chi connectivity index (χ2v) is 15.9. The number of likely N-dealkylation sites (tertiary alicyclic amines) is 1. The Bertz CT molecular complexity index is 2090. The summed E-state index contributed by atoms with van der Waals surface area (Å²) in [7, 11) is 0. The molecule has 2 aliphatic carbocycles. The van der Waals surface area contributed by atoms with Crippen LogP contribution in [0.4, 0.5) is 5.69 Å². The topological polar surface area (TPSA) is 142 Å². The molecule has 0 unspecified atom stereocenters. The van der Waals surface area contributed by atoms with Crippen molar-refractivity contribution < 1.29 is 23.9 Å². The largest absolute Gasteiger partial charge is 0.490 e. The van der Waals surface area contributed by atoms with E-state index in [0.717, 1.165) is 86.8 Å². The molecule has 2 aromatic heterocycles. The maximum absolute atomic E-state index is 13.5. The molecule has 2 saturated heterocycles. The summed E-state index contributed by atoms with van der Waals surface area (Å²) in [6, 6.07) is 15.5. The Kier molecular flexibility index (Phi) is 10.0. The summed E-state index contributed by atoms with van der Waals surface area (Å²) in [5.74, 6) is 0.866. The van der Waals surface area contributed by atoms with Crippen molar-refractivity contribution in [2.45, 2.75) is 108 Å². The van der Waals surface area contributed by atoms with Crippen molar-refractivity contribution in [1.29, 1.82) is 0 Å². The minimum atomic E-state index is -0.825. The minimum absolute atomic E-state index is 0.0732. The maximum atomic E-state index is 13.5. The molecule has 4 aromatic rings. The number of carbonyl (C=O) groups excluding carboxylic acids is 3. The van der Waals surface area contributed by atoms with Crippen LogP contribution in [0.25, 0.3) is 10.9 Å². The SMILES string of the molecule is CC(C)Oc1cc2nn(C3CCC(CN4CCC(c5ccc(O[C@@H]6CCC(=O)N(c7cccn(C8CC8)c7=O)C6=O)cc5)CC4)CC3)cc2cc1C(N)=O. The van der Waals surface area contributed by atoms with Gasteiger partial charge in [-0.15, -0.1) is 0 Å². The third-order valence-corrected chi connectivity index (χ3v) is 11.7. The molecule has 54 heavy (non-hydrogen) atoms. The van der Waals surface area contributed by atoms with Crippen molar-refractivity contribution >= 4 is 34.3 Å². The number of benzene rings is 2. The summed E-state index contributed by atoms with van der Waals surface area (Å²) in [4.78, 5) is 55.2. The Labute approximate surface area is 315 Å². The zero-order valence-corrected chi connectivity index (χ0v) is 31.2. The van der Waals surface area contributed by atoms with Crippen molar-refractivity contribution in [3.05, 3.63) is 82.4 Å². The van der Waals surface area contributed by atoms with Gasteiger partial charge in [0.2, 0.25) is 5.91 Å². The summed E-state index contributed by atoms with van der Waals surface area (Å²) in [6.45, 7) is 7.11. The van der Waals surface area contributed by atoms with Crippen LogP contribution in [0.3, 0.4) is 0 Å². The first-order valence-electron chi connectivity index (χ1n) is 19.7. The van der Waals surface area contributed by atoms with Gasteiger partial charge in [-0.05, 0) is 126 Å². The molecule has 4 fully saturated rings. The number of amides is 3. The molecule has 3 amide bonds. The first kappa shape index (κ1) is 36.0. The van der Waals surface area contributed by atoms with Crippen molar-refractivity contribution in [2.24, 2.45) is 11.7 Å². The lowest BCUT2D eigenvalue weighted by molar-refractivity contribution is -0.134. The summed E-state index contributed by atoms with van der Waals surface area (Å²) < 4.78 is 15.7. The quantitative estimate of drug-likeness (QED) is 0.182. The molecule has 8 rings (SSSR count). The molecular formula is C42H50N6O6. The van der Waals surface area contributed by atoms with E-state index in [1.807, 2.05) is 38.2 Å². The molecule has 0 bridgehead atoms. The van der Waals surface area contributed by atoms with E-state index in [1.54, 1.807) is 29.0 Å². The van der Waals surface area contributed by atoms with Gasteiger partial charge in [-0.25, -0.2) is 4.90 Å². The summed E-state index contributed by atoms with van der Waals surface area (Å²) >= 11 is 0. The number of primary amides is 1. The number of ether oxygens (including phenoxy) is 2. The second kappa shape index (κ2) is 15.0. The van der Waals surface area contributed by atoms with Crippen molar-refractivity contribution in [3.8, 4) is 11.5 Å². The van der Waals surface area contributed by atoms with Gasteiger partial charge in [-0.1, -0.05) is 12.1 Å². The van der Waals surface area contributed by atoms with Crippen LogP contribution in [-0.2, 0) is 9.59 Å². The predicted molar refractivity (Wildman–Crippen MR) is 205 cm³/mol. The van der Waals surface area contributed by atoms with Crippen LogP contribution in [0.1, 0.15) is 112 Å². The molecule has 2 aromatic carbocycles. The smallest absolute Gasteiger partial charge is 0.275 e. The van der Waals surface area contributed by atoms with Crippen LogP contribution >= 0.6 is 0 Å². The first-order valence-corrected chi connectivity index (χ1v) is 19.7. The normalized spacial score (nSPS) is 22.9. The highest BCUT2D eigenvalue weighted by atomic mass is 16.5. The lowest BCUT2D eigenvalue weighted by atomic mass is 9.84. The van der Waals surface area contributed by atoms with Crippen LogP contribution < -0.4 is 25.7 Å². The highest BCUT2D eigenvalue weighted by Gasteiger charge is 2.39. The molecule has 0 radical (unpaired) electrons. The van der Waals surface area contributed by atoms with E-state index in [1.165, 1.54) is 5.56 Å². The molecule has 2 saturated carbocycles. The fourth-order valence-electron chi connectivity index (χ4n) is 8.62. The number of carbonyl (C=O) groups is 3. The number of pyridine rings is 1. The van der Waals surface area contributed by atoms with Gasteiger partial charge in [0.1, 0.15) is 17.2 Å². The lowest BCUT2D eigenvalue weighted by Crippen LogP contribution is -2.52. The number of hydrogen-bond acceptors (Lipinski definition) is 8. The average Bonchev–Trinajstić information content (AvgIpc) is 3.92. The number of anilines is 1. The fraction of sp³-hybridized carbons (Fsp3) is 0.500. The fourth-order valence-corrected chi connectivity index (χ4v) is 8.62. The molecule has 2 N–H and O–H groups in total. The molecule has 4 heterocycles. The third kappa shape index (κ3) is 7.53. The van der Waals surface area contributed by atoms with Gasteiger partial charge in [0.05, 0.1) is 23.2 Å². The zero-order chi connectivity index (χ0) is 37.5. The van der Waals surface area contributed by atoms with E-state index < -0.39 is 17.9 Å². The summed E-state index contributed by atoms with van der Waals surface area (Å²) in [5.41, 5.74) is 7.94. The standard InChI is InChI=1S/C42H50N6O6/c1-26(2)53-38-23-35-30(22-34(38)40(43)50)25-47(44-35)32-9-5-27(6-10-32)24-45-20-17-29(18-21-45)28-7-13-33(14-8-28)54-37-15-16-39(49)48(42(37)52)36-4-3-19-46(41(36)51)31-11-12-31/h3-4,7-8,13-14,19,22-23,25-27,29,31-32,37H,5-6,9-12,15-18,20-21,24H2,1-2H3,(H2,43,50)/t27?,32?,37-/m1/s1. The number of aromatic nitrogens is 3. The minimum Gasteiger partial charge on any atom is -0.490 e. The number of rotatable bonds is 11. The number of imide groups is 1. The van der Waals surface area contributed by atoms with E-state index in [4.69, 9.17) is 20.3 Å². The molecular weight excluding hydrogens is 684 g/mol. The summed E-state index contributed by atoms with van der Waals surface area (Å²) in [5, 5.41) is 5.78. The van der Waals surface area contributed by atoms with E-state index in [9.17, 15) is 19.2 Å². The maximum Gasteiger partial charge on any atom is 0.275 e. The van der Waals surface area contributed by atoms with Crippen LogP contribution in [0.5, 0.6) is 11.5 Å². The lowest BCUT2D eigenvalue weighted by Gasteiger charge is -2.37. The van der Waals surface area contributed by atoms with Crippen LogP contribution in [0, 0.1) is 5.92 Å². The van der Waals surface area contributed by atoms with E-state index in [-0.39, 0.29) is 42.1 Å². The van der Waals surface area contributed by atoms with Gasteiger partial charge in [-0.3, -0.25) is 23.9 Å². The van der Waals surface area contributed by atoms with Crippen molar-refractivity contribution in [3.63, 3.8) is 0 Å². The van der Waals surface area contributed by atoms with Crippen LogP contribution in [-0.4, -0.2) is 68.8 Å². The highest BCUT2D eigenvalue weighted by molar-refractivity contribution is 6.18. The molecule has 4 aliphatic rings. The zero-order valence-electron chi connectivity index (χ0n) is 31.2. The van der Waals surface area contributed by atoms with Gasteiger partial charge >= 0.3 is 0 Å². The number of piperidine rings is 2. The van der Waals surface area contributed by atoms with Gasteiger partial charge in [0, 0.05) is 49.3 Å². The van der Waals surface area contributed by atoms with Gasteiger partial charge in [0.25, 0.3) is 17.4 Å². The molecule has 12 heteroatoms. The number of fused-ring (bicyclic) bond motifs is 1. The van der Waals surface area contributed by atoms with E-state index in [0.29, 0.717) is 34.9 Å². The highest BCUT2D eigenvalue weighted by Crippen LogP contribution is 2.37. The molecule has 284 valence electrons. The monoisotopic (exact) mass is 734 g/mol. The van der Waals surface area contributed by atoms with Gasteiger partial charge in [0.15, 0.2) is 6.10 Å². The Morgan fingerprint density at radius 1 is 0.907 bits per heavy atom. The molecule has 2 aliphatic heterocycles. The number of hydrogen-bond donors (Lipinski definition) is 1. The molecule has 0 spiro atoms.